The van der Waals surface area contributed by atoms with Crippen LogP contribution < -0.4 is 20.1 Å². The van der Waals surface area contributed by atoms with Crippen LogP contribution in [0.3, 0.4) is 0 Å². The van der Waals surface area contributed by atoms with Crippen molar-refractivity contribution in [3.8, 4) is 11.5 Å². The molecule has 0 fully saturated rings. The molecule has 2 aromatic carbocycles. The summed E-state index contributed by atoms with van der Waals surface area (Å²) in [6, 6.07) is 8.06. The number of benzene rings is 2. The summed E-state index contributed by atoms with van der Waals surface area (Å²) in [5.74, 6) is -2.41. The predicted octanol–water partition coefficient (Wildman–Crippen LogP) is 3.46. The molecular weight excluding hydrogens is 406 g/mol. The summed E-state index contributed by atoms with van der Waals surface area (Å²) in [6.45, 7) is 3.44. The Balaban J connectivity index is 1.74. The van der Waals surface area contributed by atoms with Gasteiger partial charge in [0.05, 0.1) is 17.7 Å². The third-order valence-corrected chi connectivity index (χ3v) is 4.02. The number of hydrogen-bond donors (Lipinski definition) is 2. The van der Waals surface area contributed by atoms with Gasteiger partial charge in [0.25, 0.3) is 11.8 Å². The summed E-state index contributed by atoms with van der Waals surface area (Å²) in [6.07, 6.45) is 0.221. The topological polar surface area (TPSA) is 76.7 Å². The fourth-order valence-corrected chi connectivity index (χ4v) is 2.39. The summed E-state index contributed by atoms with van der Waals surface area (Å²) >= 11 is 5.57. The molecule has 0 atom stereocenters. The fourth-order valence-electron chi connectivity index (χ4n) is 2.28. The predicted molar refractivity (Wildman–Crippen MR) is 104 cm³/mol. The second-order valence-corrected chi connectivity index (χ2v) is 6.25. The van der Waals surface area contributed by atoms with Crippen LogP contribution in [-0.2, 0) is 4.79 Å². The lowest BCUT2D eigenvalue weighted by Gasteiger charge is -2.11. The van der Waals surface area contributed by atoms with Crippen molar-refractivity contribution in [2.75, 3.05) is 20.3 Å². The largest absolute Gasteiger partial charge is 0.494 e. The van der Waals surface area contributed by atoms with Crippen molar-refractivity contribution in [2.24, 2.45) is 0 Å². The van der Waals surface area contributed by atoms with E-state index in [0.29, 0.717) is 5.70 Å². The van der Waals surface area contributed by atoms with Gasteiger partial charge in [0.1, 0.15) is 11.6 Å². The molecule has 0 spiro atoms. The molecule has 0 unspecified atom stereocenters. The minimum atomic E-state index is -0.754. The number of hydrogen-bond acceptors (Lipinski definition) is 4. The third-order valence-electron chi connectivity index (χ3n) is 3.72. The van der Waals surface area contributed by atoms with Gasteiger partial charge in [-0.2, -0.15) is 0 Å². The summed E-state index contributed by atoms with van der Waals surface area (Å²) < 4.78 is 37.4. The molecule has 2 amide bonds. The molecule has 29 heavy (non-hydrogen) atoms. The Labute approximate surface area is 171 Å². The maximum absolute atomic E-state index is 14.0. The van der Waals surface area contributed by atoms with Crippen LogP contribution in [-0.4, -0.2) is 32.1 Å². The van der Waals surface area contributed by atoms with Crippen LogP contribution in [0.25, 0.3) is 0 Å². The first kappa shape index (κ1) is 22.2. The highest BCUT2D eigenvalue weighted by atomic mass is 35.5. The van der Waals surface area contributed by atoms with E-state index in [4.69, 9.17) is 21.1 Å². The Morgan fingerprint density at radius 2 is 1.97 bits per heavy atom. The summed E-state index contributed by atoms with van der Waals surface area (Å²) in [5.41, 5.74) is 0.176. The first-order chi connectivity index (χ1) is 13.8. The lowest BCUT2D eigenvalue weighted by Crippen LogP contribution is -2.31. The molecule has 2 N–H and O–H groups in total. The van der Waals surface area contributed by atoms with Crippen molar-refractivity contribution in [2.45, 2.75) is 6.42 Å². The average Bonchev–Trinajstić information content (AvgIpc) is 2.69. The van der Waals surface area contributed by atoms with Crippen LogP contribution in [0.4, 0.5) is 8.78 Å². The second-order valence-electron chi connectivity index (χ2n) is 5.84. The van der Waals surface area contributed by atoms with E-state index in [9.17, 15) is 18.4 Å². The Morgan fingerprint density at radius 3 is 2.66 bits per heavy atom. The normalized spacial score (nSPS) is 10.2. The van der Waals surface area contributed by atoms with Gasteiger partial charge in [0.2, 0.25) is 0 Å². The van der Waals surface area contributed by atoms with Gasteiger partial charge in [-0.15, -0.1) is 0 Å². The quantitative estimate of drug-likeness (QED) is 0.646. The highest BCUT2D eigenvalue weighted by Crippen LogP contribution is 2.21. The molecule has 0 aliphatic rings. The molecule has 154 valence electrons. The minimum absolute atomic E-state index is 0.0325. The summed E-state index contributed by atoms with van der Waals surface area (Å²) in [7, 11) is 1.31. The summed E-state index contributed by atoms with van der Waals surface area (Å²) in [5, 5.41) is 4.98. The number of nitrogens with one attached hydrogen (secondary N) is 2. The van der Waals surface area contributed by atoms with Crippen molar-refractivity contribution in [3.05, 3.63) is 70.9 Å². The van der Waals surface area contributed by atoms with Crippen molar-refractivity contribution < 1.29 is 27.8 Å². The van der Waals surface area contributed by atoms with E-state index in [1.165, 1.54) is 37.4 Å². The van der Waals surface area contributed by atoms with Gasteiger partial charge in [-0.05, 0) is 24.3 Å². The smallest absolute Gasteiger partial charge is 0.262 e. The maximum atomic E-state index is 14.0. The monoisotopic (exact) mass is 424 g/mol. The van der Waals surface area contributed by atoms with Crippen molar-refractivity contribution in [1.29, 1.82) is 0 Å². The Hall–Kier alpha value is -3.13. The average molecular weight is 425 g/mol. The van der Waals surface area contributed by atoms with Crippen LogP contribution in [0.5, 0.6) is 11.5 Å². The number of carbonyl (C=O) groups excluding carboxylic acids is 2. The molecule has 2 rings (SSSR count). The number of halogens is 3. The number of ether oxygens (including phenoxy) is 2. The lowest BCUT2D eigenvalue weighted by molar-refractivity contribution is -0.122. The highest BCUT2D eigenvalue weighted by Gasteiger charge is 2.15. The van der Waals surface area contributed by atoms with E-state index >= 15 is 0 Å². The van der Waals surface area contributed by atoms with Crippen LogP contribution in [0.2, 0.25) is 5.02 Å². The van der Waals surface area contributed by atoms with Gasteiger partial charge < -0.3 is 20.1 Å². The molecule has 0 saturated heterocycles. The number of amides is 2. The van der Waals surface area contributed by atoms with E-state index in [0.717, 1.165) is 6.07 Å². The fraction of sp³-hybridized carbons (Fsp3) is 0.200. The van der Waals surface area contributed by atoms with Gasteiger partial charge in [-0.1, -0.05) is 24.2 Å². The van der Waals surface area contributed by atoms with E-state index in [1.807, 2.05) is 0 Å². The Morgan fingerprint density at radius 1 is 1.21 bits per heavy atom. The van der Waals surface area contributed by atoms with Crippen molar-refractivity contribution in [3.63, 3.8) is 0 Å². The van der Waals surface area contributed by atoms with E-state index in [1.54, 1.807) is 0 Å². The van der Waals surface area contributed by atoms with Crippen molar-refractivity contribution >= 4 is 23.4 Å². The SMILES string of the molecule is C=C(CCNC(=O)c1cccc(OC)c1F)NC(=O)COc1ccc(Cl)c(F)c1. The highest BCUT2D eigenvalue weighted by molar-refractivity contribution is 6.30. The molecule has 2 aromatic rings. The molecule has 0 heterocycles. The zero-order valence-electron chi connectivity index (χ0n) is 15.6. The lowest BCUT2D eigenvalue weighted by atomic mass is 10.2. The maximum Gasteiger partial charge on any atom is 0.262 e. The van der Waals surface area contributed by atoms with Crippen LogP contribution in [0.15, 0.2) is 48.7 Å². The molecule has 6 nitrogen and oxygen atoms in total. The standard InChI is InChI=1S/C20H19ClF2N2O4/c1-12(25-18(26)11-29-13-6-7-15(21)16(22)10-13)8-9-24-20(27)14-4-3-5-17(28-2)19(14)23/h3-7,10H,1,8-9,11H2,2H3,(H,24,27)(H,25,26). The van der Waals surface area contributed by atoms with Gasteiger partial charge in [0, 0.05) is 24.7 Å². The van der Waals surface area contributed by atoms with E-state index in [-0.39, 0.29) is 41.7 Å². The van der Waals surface area contributed by atoms with Gasteiger partial charge in [-0.25, -0.2) is 8.78 Å². The molecule has 0 aromatic heterocycles. The van der Waals surface area contributed by atoms with Gasteiger partial charge in [0.15, 0.2) is 18.2 Å². The van der Waals surface area contributed by atoms with E-state index < -0.39 is 23.4 Å². The van der Waals surface area contributed by atoms with Gasteiger partial charge >= 0.3 is 0 Å². The molecule has 0 radical (unpaired) electrons. The summed E-state index contributed by atoms with van der Waals surface area (Å²) in [4.78, 5) is 23.9. The molecule has 0 bridgehead atoms. The second kappa shape index (κ2) is 10.4. The number of rotatable bonds is 9. The van der Waals surface area contributed by atoms with Crippen LogP contribution in [0.1, 0.15) is 16.8 Å². The van der Waals surface area contributed by atoms with E-state index in [2.05, 4.69) is 17.2 Å². The van der Waals surface area contributed by atoms with Crippen molar-refractivity contribution in [1.82, 2.24) is 10.6 Å². The van der Waals surface area contributed by atoms with Gasteiger partial charge in [-0.3, -0.25) is 9.59 Å². The number of methoxy groups -OCH3 is 1. The molecule has 0 aliphatic heterocycles. The van der Waals surface area contributed by atoms with Crippen LogP contribution in [0, 0.1) is 11.6 Å². The van der Waals surface area contributed by atoms with Crippen LogP contribution >= 0.6 is 11.6 Å². The Bertz CT molecular complexity index is 921. The Kier molecular flexibility index (Phi) is 7.97. The zero-order chi connectivity index (χ0) is 21.4. The molecule has 0 aliphatic carbocycles. The number of carbonyl (C=O) groups is 2. The first-order valence-electron chi connectivity index (χ1n) is 8.48. The third kappa shape index (κ3) is 6.46. The molecular formula is C20H19ClF2N2O4. The first-order valence-corrected chi connectivity index (χ1v) is 8.85. The molecule has 0 saturated carbocycles. The zero-order valence-corrected chi connectivity index (χ0v) is 16.3. The molecule has 9 heteroatoms. The minimum Gasteiger partial charge on any atom is -0.494 e.